The van der Waals surface area contributed by atoms with Gasteiger partial charge in [-0.25, -0.2) is 0 Å². The zero-order valence-electron chi connectivity index (χ0n) is 12.5. The number of piperidine rings is 1. The second-order valence-electron chi connectivity index (χ2n) is 6.59. The number of hydrogen-bond donors (Lipinski definition) is 1. The van der Waals surface area contributed by atoms with Crippen LogP contribution in [-0.4, -0.2) is 48.1 Å². The first kappa shape index (κ1) is 14.1. The summed E-state index contributed by atoms with van der Waals surface area (Å²) < 4.78 is 0. The van der Waals surface area contributed by atoms with E-state index in [-0.39, 0.29) is 0 Å². The Morgan fingerprint density at radius 2 is 1.90 bits per heavy atom. The minimum Gasteiger partial charge on any atom is -0.327 e. The first-order chi connectivity index (χ1) is 9.72. The Morgan fingerprint density at radius 1 is 1.10 bits per heavy atom. The molecule has 0 aliphatic carbocycles. The predicted molar refractivity (Wildman–Crippen MR) is 83.5 cm³/mol. The van der Waals surface area contributed by atoms with Crippen LogP contribution < -0.4 is 5.73 Å². The van der Waals surface area contributed by atoms with Gasteiger partial charge in [-0.05, 0) is 30.9 Å². The maximum absolute atomic E-state index is 6.13. The van der Waals surface area contributed by atoms with Crippen LogP contribution in [-0.2, 0) is 6.54 Å². The van der Waals surface area contributed by atoms with Crippen LogP contribution in [0.1, 0.15) is 25.3 Å². The third-order valence-electron chi connectivity index (χ3n) is 5.02. The molecule has 2 N–H and O–H groups in total. The summed E-state index contributed by atoms with van der Waals surface area (Å²) in [5.74, 6) is 0.645. The predicted octanol–water partition coefficient (Wildman–Crippen LogP) is 1.93. The number of likely N-dealkylation sites (tertiary alicyclic amines) is 2. The van der Waals surface area contributed by atoms with Gasteiger partial charge >= 0.3 is 0 Å². The molecule has 2 saturated heterocycles. The number of nitrogens with zero attached hydrogens (tertiary/aromatic N) is 2. The van der Waals surface area contributed by atoms with E-state index < -0.39 is 0 Å². The van der Waals surface area contributed by atoms with Crippen LogP contribution in [0.2, 0.25) is 0 Å². The second-order valence-corrected chi connectivity index (χ2v) is 6.59. The Morgan fingerprint density at radius 3 is 2.65 bits per heavy atom. The number of hydrogen-bond acceptors (Lipinski definition) is 3. The number of nitrogens with two attached hydrogens (primary N) is 1. The number of benzene rings is 1. The fourth-order valence-corrected chi connectivity index (χ4v) is 3.62. The highest BCUT2D eigenvalue weighted by molar-refractivity contribution is 5.14. The van der Waals surface area contributed by atoms with E-state index in [1.54, 1.807) is 0 Å². The lowest BCUT2D eigenvalue weighted by atomic mass is 9.93. The summed E-state index contributed by atoms with van der Waals surface area (Å²) in [5, 5.41) is 0. The molecule has 3 atom stereocenters. The van der Waals surface area contributed by atoms with Crippen LogP contribution in [0, 0.1) is 5.92 Å². The van der Waals surface area contributed by atoms with Gasteiger partial charge < -0.3 is 5.73 Å². The monoisotopic (exact) mass is 273 g/mol. The summed E-state index contributed by atoms with van der Waals surface area (Å²) in [6.07, 6.45) is 2.48. The molecule has 0 amide bonds. The molecule has 2 fully saturated rings. The molecule has 3 rings (SSSR count). The summed E-state index contributed by atoms with van der Waals surface area (Å²) in [6, 6.07) is 12.0. The standard InChI is InChI=1S/C17H27N3/c1-14-11-20(10-8-17(14)18)16-7-9-19(13-16)12-15-5-3-2-4-6-15/h2-6,14,16-17H,7-13,18H2,1H3. The van der Waals surface area contributed by atoms with Gasteiger partial charge in [-0.2, -0.15) is 0 Å². The van der Waals surface area contributed by atoms with Gasteiger partial charge in [-0.3, -0.25) is 9.80 Å². The van der Waals surface area contributed by atoms with Gasteiger partial charge in [-0.15, -0.1) is 0 Å². The molecule has 0 aromatic heterocycles. The molecule has 1 aromatic carbocycles. The van der Waals surface area contributed by atoms with Crippen molar-refractivity contribution in [3.8, 4) is 0 Å². The Labute approximate surface area is 122 Å². The van der Waals surface area contributed by atoms with E-state index in [0.717, 1.165) is 19.0 Å². The zero-order chi connectivity index (χ0) is 13.9. The van der Waals surface area contributed by atoms with E-state index in [2.05, 4.69) is 47.1 Å². The van der Waals surface area contributed by atoms with Crippen LogP contribution in [0.3, 0.4) is 0 Å². The van der Waals surface area contributed by atoms with Crippen LogP contribution in [0.5, 0.6) is 0 Å². The summed E-state index contributed by atoms with van der Waals surface area (Å²) in [5.41, 5.74) is 7.56. The molecular formula is C17H27N3. The Bertz CT molecular complexity index is 420. The molecule has 0 bridgehead atoms. The maximum Gasteiger partial charge on any atom is 0.0235 e. The normalized spacial score (nSPS) is 32.6. The Hall–Kier alpha value is -0.900. The molecule has 1 aromatic rings. The van der Waals surface area contributed by atoms with Crippen LogP contribution in [0.4, 0.5) is 0 Å². The summed E-state index contributed by atoms with van der Waals surface area (Å²) in [4.78, 5) is 5.28. The van der Waals surface area contributed by atoms with Crippen molar-refractivity contribution in [2.24, 2.45) is 11.7 Å². The Balaban J connectivity index is 1.52. The van der Waals surface area contributed by atoms with E-state index >= 15 is 0 Å². The highest BCUT2D eigenvalue weighted by Gasteiger charge is 2.32. The van der Waals surface area contributed by atoms with Crippen LogP contribution in [0.25, 0.3) is 0 Å². The lowest BCUT2D eigenvalue weighted by molar-refractivity contribution is 0.116. The zero-order valence-corrected chi connectivity index (χ0v) is 12.5. The van der Waals surface area contributed by atoms with Crippen LogP contribution >= 0.6 is 0 Å². The molecule has 3 nitrogen and oxygen atoms in total. The quantitative estimate of drug-likeness (QED) is 0.913. The average molecular weight is 273 g/mol. The molecule has 110 valence electrons. The fourth-order valence-electron chi connectivity index (χ4n) is 3.62. The largest absolute Gasteiger partial charge is 0.327 e. The topological polar surface area (TPSA) is 32.5 Å². The van der Waals surface area contributed by atoms with Gasteiger partial charge in [-0.1, -0.05) is 37.3 Å². The molecule has 0 saturated carbocycles. The first-order valence-electron chi connectivity index (χ1n) is 7.98. The minimum atomic E-state index is 0.410. The SMILES string of the molecule is CC1CN(C2CCN(Cc3ccccc3)C2)CCC1N. The van der Waals surface area contributed by atoms with Crippen molar-refractivity contribution in [3.05, 3.63) is 35.9 Å². The van der Waals surface area contributed by atoms with Crippen molar-refractivity contribution >= 4 is 0 Å². The third-order valence-corrected chi connectivity index (χ3v) is 5.02. The van der Waals surface area contributed by atoms with Gasteiger partial charge in [0.25, 0.3) is 0 Å². The van der Waals surface area contributed by atoms with Gasteiger partial charge in [0, 0.05) is 38.3 Å². The maximum atomic E-state index is 6.13. The van der Waals surface area contributed by atoms with Crippen molar-refractivity contribution < 1.29 is 0 Å². The smallest absolute Gasteiger partial charge is 0.0235 e. The molecule has 2 heterocycles. The highest BCUT2D eigenvalue weighted by atomic mass is 15.3. The molecule has 0 radical (unpaired) electrons. The van der Waals surface area contributed by atoms with E-state index in [1.165, 1.54) is 38.2 Å². The first-order valence-corrected chi connectivity index (χ1v) is 7.98. The van der Waals surface area contributed by atoms with Crippen molar-refractivity contribution in [2.45, 2.75) is 38.4 Å². The summed E-state index contributed by atoms with van der Waals surface area (Å²) in [6.45, 7) is 8.22. The highest BCUT2D eigenvalue weighted by Crippen LogP contribution is 2.23. The molecule has 2 aliphatic heterocycles. The van der Waals surface area contributed by atoms with E-state index in [0.29, 0.717) is 12.0 Å². The van der Waals surface area contributed by atoms with Crippen molar-refractivity contribution in [2.75, 3.05) is 26.2 Å². The molecule has 0 spiro atoms. The van der Waals surface area contributed by atoms with Gasteiger partial charge in [0.05, 0.1) is 0 Å². The van der Waals surface area contributed by atoms with E-state index in [4.69, 9.17) is 5.73 Å². The fraction of sp³-hybridized carbons (Fsp3) is 0.647. The van der Waals surface area contributed by atoms with Crippen molar-refractivity contribution in [1.82, 2.24) is 9.80 Å². The van der Waals surface area contributed by atoms with Gasteiger partial charge in [0.2, 0.25) is 0 Å². The molecular weight excluding hydrogens is 246 g/mol. The molecule has 3 unspecified atom stereocenters. The average Bonchev–Trinajstić information content (AvgIpc) is 2.91. The van der Waals surface area contributed by atoms with Crippen molar-refractivity contribution in [3.63, 3.8) is 0 Å². The molecule has 3 heteroatoms. The van der Waals surface area contributed by atoms with Gasteiger partial charge in [0.1, 0.15) is 0 Å². The third kappa shape index (κ3) is 3.22. The van der Waals surface area contributed by atoms with E-state index in [1.807, 2.05) is 0 Å². The lowest BCUT2D eigenvalue weighted by Crippen LogP contribution is -2.50. The summed E-state index contributed by atoms with van der Waals surface area (Å²) in [7, 11) is 0. The number of rotatable bonds is 3. The Kier molecular flexibility index (Phi) is 4.39. The lowest BCUT2D eigenvalue weighted by Gasteiger charge is -2.38. The summed E-state index contributed by atoms with van der Waals surface area (Å²) >= 11 is 0. The second kappa shape index (κ2) is 6.25. The molecule has 20 heavy (non-hydrogen) atoms. The van der Waals surface area contributed by atoms with Crippen molar-refractivity contribution in [1.29, 1.82) is 0 Å². The molecule has 2 aliphatic rings. The van der Waals surface area contributed by atoms with Gasteiger partial charge in [0.15, 0.2) is 0 Å². The van der Waals surface area contributed by atoms with E-state index in [9.17, 15) is 0 Å². The van der Waals surface area contributed by atoms with Crippen LogP contribution in [0.15, 0.2) is 30.3 Å². The minimum absolute atomic E-state index is 0.410.